The van der Waals surface area contributed by atoms with E-state index in [-0.39, 0.29) is 5.91 Å². The van der Waals surface area contributed by atoms with Crippen LogP contribution in [0.25, 0.3) is 0 Å². The molecule has 0 aromatic heterocycles. The first kappa shape index (κ1) is 11.9. The molecule has 1 amide bonds. The minimum Gasteiger partial charge on any atom is -0.310 e. The lowest BCUT2D eigenvalue weighted by Gasteiger charge is -2.19. The number of amides is 1. The summed E-state index contributed by atoms with van der Waals surface area (Å²) in [6.45, 7) is 0.599. The van der Waals surface area contributed by atoms with E-state index >= 15 is 0 Å². The zero-order valence-corrected chi connectivity index (χ0v) is 9.90. The Bertz CT molecular complexity index is 541. The van der Waals surface area contributed by atoms with Crippen molar-refractivity contribution in [2.75, 3.05) is 16.2 Å². The first-order valence-corrected chi connectivity index (χ1v) is 6.72. The molecule has 1 saturated heterocycles. The molecule has 1 aromatic rings. The minimum atomic E-state index is -3.83. The number of hydrogen-bond acceptors (Lipinski definition) is 3. The summed E-state index contributed by atoms with van der Waals surface area (Å²) < 4.78 is 24.2. The van der Waals surface area contributed by atoms with Gasteiger partial charge in [0.05, 0.1) is 11.4 Å². The van der Waals surface area contributed by atoms with E-state index in [4.69, 9.17) is 5.14 Å². The molecule has 0 unspecified atom stereocenters. The van der Waals surface area contributed by atoms with Crippen LogP contribution in [0, 0.1) is 0 Å². The van der Waals surface area contributed by atoms with Crippen LogP contribution in [0.3, 0.4) is 0 Å². The summed E-state index contributed by atoms with van der Waals surface area (Å²) in [5.74, 6) is -0.00586. The maximum Gasteiger partial charge on any atom is 0.296 e. The molecule has 0 bridgehead atoms. The van der Waals surface area contributed by atoms with E-state index in [0.29, 0.717) is 24.3 Å². The summed E-state index contributed by atoms with van der Waals surface area (Å²) in [6.07, 6.45) is 1.27. The van der Waals surface area contributed by atoms with E-state index < -0.39 is 10.2 Å². The Morgan fingerprint density at radius 3 is 2.59 bits per heavy atom. The van der Waals surface area contributed by atoms with Crippen molar-refractivity contribution in [3.63, 3.8) is 0 Å². The minimum absolute atomic E-state index is 0.00586. The molecule has 17 heavy (non-hydrogen) atoms. The number of anilines is 2. The lowest BCUT2D eigenvalue weighted by Crippen LogP contribution is -2.27. The van der Waals surface area contributed by atoms with E-state index in [2.05, 4.69) is 4.72 Å². The van der Waals surface area contributed by atoms with Crippen LogP contribution in [0.4, 0.5) is 11.4 Å². The van der Waals surface area contributed by atoms with Crippen molar-refractivity contribution in [1.29, 1.82) is 0 Å². The van der Waals surface area contributed by atoms with Gasteiger partial charge in [-0.3, -0.25) is 9.52 Å². The highest BCUT2D eigenvalue weighted by molar-refractivity contribution is 7.90. The Hall–Kier alpha value is -1.60. The van der Waals surface area contributed by atoms with Crippen molar-refractivity contribution in [2.24, 2.45) is 5.14 Å². The fourth-order valence-corrected chi connectivity index (χ4v) is 2.33. The highest BCUT2D eigenvalue weighted by Crippen LogP contribution is 2.29. The zero-order valence-electron chi connectivity index (χ0n) is 9.09. The lowest BCUT2D eigenvalue weighted by atomic mass is 10.2. The molecule has 0 aliphatic carbocycles. The SMILES string of the molecule is NS(=O)(=O)Nc1ccccc1N1CCCC1=O. The standard InChI is InChI=1S/C10H13N3O3S/c11-17(15,16)12-8-4-1-2-5-9(8)13-7-3-6-10(13)14/h1-2,4-5,12H,3,6-7H2,(H2,11,15,16). The largest absolute Gasteiger partial charge is 0.310 e. The summed E-state index contributed by atoms with van der Waals surface area (Å²) >= 11 is 0. The molecule has 92 valence electrons. The van der Waals surface area contributed by atoms with E-state index in [0.717, 1.165) is 6.42 Å². The number of rotatable bonds is 3. The fourth-order valence-electron chi connectivity index (χ4n) is 1.85. The Morgan fingerprint density at radius 1 is 1.29 bits per heavy atom. The van der Waals surface area contributed by atoms with Crippen LogP contribution in [0.1, 0.15) is 12.8 Å². The molecule has 0 atom stereocenters. The van der Waals surface area contributed by atoms with E-state index in [9.17, 15) is 13.2 Å². The highest BCUT2D eigenvalue weighted by atomic mass is 32.2. The third-order valence-electron chi connectivity index (χ3n) is 2.52. The monoisotopic (exact) mass is 255 g/mol. The average molecular weight is 255 g/mol. The van der Waals surface area contributed by atoms with Crippen LogP contribution >= 0.6 is 0 Å². The molecule has 0 spiro atoms. The van der Waals surface area contributed by atoms with E-state index in [1.165, 1.54) is 0 Å². The summed E-state index contributed by atoms with van der Waals surface area (Å²) in [7, 11) is -3.83. The molecular formula is C10H13N3O3S. The second-order valence-corrected chi connectivity index (χ2v) is 5.11. The molecule has 1 heterocycles. The third kappa shape index (κ3) is 2.75. The fraction of sp³-hybridized carbons (Fsp3) is 0.300. The summed E-state index contributed by atoms with van der Waals surface area (Å²) in [6, 6.07) is 6.69. The van der Waals surface area contributed by atoms with Gasteiger partial charge in [-0.05, 0) is 18.6 Å². The number of para-hydroxylation sites is 2. The molecule has 7 heteroatoms. The van der Waals surface area contributed by atoms with E-state index in [1.54, 1.807) is 29.2 Å². The van der Waals surface area contributed by atoms with Crippen molar-refractivity contribution in [3.8, 4) is 0 Å². The van der Waals surface area contributed by atoms with Gasteiger partial charge in [0.25, 0.3) is 10.2 Å². The maximum atomic E-state index is 11.6. The van der Waals surface area contributed by atoms with Crippen molar-refractivity contribution in [2.45, 2.75) is 12.8 Å². The molecule has 1 aromatic carbocycles. The van der Waals surface area contributed by atoms with Crippen LogP contribution in [-0.2, 0) is 15.0 Å². The number of benzene rings is 1. The number of carbonyl (C=O) groups excluding carboxylic acids is 1. The highest BCUT2D eigenvalue weighted by Gasteiger charge is 2.24. The molecule has 1 fully saturated rings. The van der Waals surface area contributed by atoms with Crippen molar-refractivity contribution in [1.82, 2.24) is 0 Å². The number of nitrogens with zero attached hydrogens (tertiary/aromatic N) is 1. The molecule has 0 radical (unpaired) electrons. The van der Waals surface area contributed by atoms with Gasteiger partial charge in [-0.1, -0.05) is 12.1 Å². The van der Waals surface area contributed by atoms with Gasteiger partial charge in [0.1, 0.15) is 0 Å². The molecule has 1 aliphatic heterocycles. The molecule has 0 saturated carbocycles. The summed E-state index contributed by atoms with van der Waals surface area (Å²) in [5, 5.41) is 4.93. The van der Waals surface area contributed by atoms with Crippen molar-refractivity contribution in [3.05, 3.63) is 24.3 Å². The Balaban J connectivity index is 2.37. The van der Waals surface area contributed by atoms with Crippen LogP contribution < -0.4 is 14.8 Å². The smallest absolute Gasteiger partial charge is 0.296 e. The second-order valence-electron chi connectivity index (χ2n) is 3.81. The lowest BCUT2D eigenvalue weighted by molar-refractivity contribution is -0.117. The molecular weight excluding hydrogens is 242 g/mol. The predicted octanol–water partition coefficient (Wildman–Crippen LogP) is 0.429. The molecule has 1 aliphatic rings. The average Bonchev–Trinajstić information content (AvgIpc) is 2.63. The van der Waals surface area contributed by atoms with Gasteiger partial charge >= 0.3 is 0 Å². The van der Waals surface area contributed by atoms with Gasteiger partial charge in [-0.2, -0.15) is 8.42 Å². The second kappa shape index (κ2) is 4.34. The van der Waals surface area contributed by atoms with Gasteiger partial charge in [-0.15, -0.1) is 0 Å². The van der Waals surface area contributed by atoms with Gasteiger partial charge < -0.3 is 4.90 Å². The van der Waals surface area contributed by atoms with Crippen LogP contribution in [0.5, 0.6) is 0 Å². The van der Waals surface area contributed by atoms with Gasteiger partial charge in [0.15, 0.2) is 0 Å². The predicted molar refractivity (Wildman–Crippen MR) is 64.8 cm³/mol. The Morgan fingerprint density at radius 2 is 2.00 bits per heavy atom. The number of nitrogens with two attached hydrogens (primary N) is 1. The normalized spacial score (nSPS) is 16.3. The summed E-state index contributed by atoms with van der Waals surface area (Å²) in [4.78, 5) is 13.2. The Kier molecular flexibility index (Phi) is 3.03. The third-order valence-corrected chi connectivity index (χ3v) is 3.02. The molecule has 2 rings (SSSR count). The first-order chi connectivity index (χ1) is 7.97. The quantitative estimate of drug-likeness (QED) is 0.820. The van der Waals surface area contributed by atoms with Crippen molar-refractivity contribution >= 4 is 27.5 Å². The Labute approximate surface area is 99.6 Å². The van der Waals surface area contributed by atoms with E-state index in [1.807, 2.05) is 0 Å². The molecule has 6 nitrogen and oxygen atoms in total. The van der Waals surface area contributed by atoms with Crippen LogP contribution in [0.2, 0.25) is 0 Å². The number of nitrogens with one attached hydrogen (secondary N) is 1. The number of carbonyl (C=O) groups is 1. The van der Waals surface area contributed by atoms with Gasteiger partial charge in [0, 0.05) is 13.0 Å². The van der Waals surface area contributed by atoms with Crippen molar-refractivity contribution < 1.29 is 13.2 Å². The van der Waals surface area contributed by atoms with Crippen LogP contribution in [0.15, 0.2) is 24.3 Å². The van der Waals surface area contributed by atoms with Gasteiger partial charge in [-0.25, -0.2) is 5.14 Å². The van der Waals surface area contributed by atoms with Gasteiger partial charge in [0.2, 0.25) is 5.91 Å². The maximum absolute atomic E-state index is 11.6. The number of hydrogen-bond donors (Lipinski definition) is 2. The summed E-state index contributed by atoms with van der Waals surface area (Å²) in [5.41, 5.74) is 0.870. The van der Waals surface area contributed by atoms with Crippen LogP contribution in [-0.4, -0.2) is 20.9 Å². The molecule has 3 N–H and O–H groups in total. The topological polar surface area (TPSA) is 92.5 Å². The first-order valence-electron chi connectivity index (χ1n) is 5.17. The zero-order chi connectivity index (χ0) is 12.5.